The lowest BCUT2D eigenvalue weighted by molar-refractivity contribution is 0.345. The van der Waals surface area contributed by atoms with Crippen molar-refractivity contribution < 1.29 is 0 Å². The zero-order chi connectivity index (χ0) is 18.1. The number of hydrogen-bond donors (Lipinski definition) is 2. The molecular formula is C20H27ClN4. The predicted molar refractivity (Wildman–Crippen MR) is 107 cm³/mol. The number of benzene rings is 2. The van der Waals surface area contributed by atoms with Gasteiger partial charge in [-0.05, 0) is 36.3 Å². The second kappa shape index (κ2) is 10.1. The molecule has 0 fully saturated rings. The van der Waals surface area contributed by atoms with Crippen LogP contribution in [-0.4, -0.2) is 31.5 Å². The van der Waals surface area contributed by atoms with E-state index in [0.29, 0.717) is 6.54 Å². The van der Waals surface area contributed by atoms with Gasteiger partial charge in [0, 0.05) is 31.7 Å². The van der Waals surface area contributed by atoms with Crippen LogP contribution in [0.3, 0.4) is 0 Å². The van der Waals surface area contributed by atoms with Crippen LogP contribution in [0.5, 0.6) is 0 Å². The molecule has 0 unspecified atom stereocenters. The standard InChI is InChI=1S/C20H27ClN4/c1-4-25(3)15-17-9-7-8-16(12-17)13-23-20(22-2)24-14-18-10-5-6-11-19(18)21/h5-12H,4,13-15H2,1-3H3,(H2,22,23,24). The van der Waals surface area contributed by atoms with Gasteiger partial charge in [0.05, 0.1) is 0 Å². The fraction of sp³-hybridized carbons (Fsp3) is 0.350. The van der Waals surface area contributed by atoms with Crippen LogP contribution in [0.15, 0.2) is 53.5 Å². The summed E-state index contributed by atoms with van der Waals surface area (Å²) < 4.78 is 0. The lowest BCUT2D eigenvalue weighted by Gasteiger charge is -2.15. The van der Waals surface area contributed by atoms with Crippen molar-refractivity contribution in [2.75, 3.05) is 20.6 Å². The van der Waals surface area contributed by atoms with Crippen molar-refractivity contribution in [1.82, 2.24) is 15.5 Å². The molecule has 0 aliphatic carbocycles. The average Bonchev–Trinajstić information content (AvgIpc) is 2.63. The fourth-order valence-electron chi connectivity index (χ4n) is 2.49. The van der Waals surface area contributed by atoms with Gasteiger partial charge < -0.3 is 15.5 Å². The van der Waals surface area contributed by atoms with Gasteiger partial charge in [-0.3, -0.25) is 4.99 Å². The van der Waals surface area contributed by atoms with Crippen molar-refractivity contribution in [3.63, 3.8) is 0 Å². The Hall–Kier alpha value is -2.04. The number of aliphatic imine (C=N–C) groups is 1. The maximum atomic E-state index is 6.19. The van der Waals surface area contributed by atoms with Crippen molar-refractivity contribution in [3.8, 4) is 0 Å². The zero-order valence-electron chi connectivity index (χ0n) is 15.2. The topological polar surface area (TPSA) is 39.7 Å². The van der Waals surface area contributed by atoms with E-state index < -0.39 is 0 Å². The smallest absolute Gasteiger partial charge is 0.191 e. The van der Waals surface area contributed by atoms with E-state index in [1.165, 1.54) is 11.1 Å². The molecular weight excluding hydrogens is 332 g/mol. The Kier molecular flexibility index (Phi) is 7.76. The normalized spacial score (nSPS) is 11.6. The summed E-state index contributed by atoms with van der Waals surface area (Å²) in [6.07, 6.45) is 0. The van der Waals surface area contributed by atoms with Crippen molar-refractivity contribution >= 4 is 17.6 Å². The summed E-state index contributed by atoms with van der Waals surface area (Å²) in [6, 6.07) is 16.5. The predicted octanol–water partition coefficient (Wildman–Crippen LogP) is 3.66. The van der Waals surface area contributed by atoms with E-state index >= 15 is 0 Å². The van der Waals surface area contributed by atoms with E-state index in [9.17, 15) is 0 Å². The van der Waals surface area contributed by atoms with Gasteiger partial charge in [-0.1, -0.05) is 61.0 Å². The first kappa shape index (κ1) is 19.3. The summed E-state index contributed by atoms with van der Waals surface area (Å²) in [6.45, 7) is 5.54. The highest BCUT2D eigenvalue weighted by molar-refractivity contribution is 6.31. The molecule has 0 aliphatic rings. The summed E-state index contributed by atoms with van der Waals surface area (Å²) in [4.78, 5) is 6.56. The number of nitrogens with zero attached hydrogens (tertiary/aromatic N) is 2. The Morgan fingerprint density at radius 1 is 1.04 bits per heavy atom. The molecule has 0 amide bonds. The summed E-state index contributed by atoms with van der Waals surface area (Å²) in [5.41, 5.74) is 3.61. The molecule has 134 valence electrons. The number of rotatable bonds is 7. The fourth-order valence-corrected chi connectivity index (χ4v) is 2.69. The SMILES string of the molecule is CCN(C)Cc1cccc(CNC(=NC)NCc2ccccc2Cl)c1. The summed E-state index contributed by atoms with van der Waals surface area (Å²) in [5.74, 6) is 0.760. The van der Waals surface area contributed by atoms with Crippen LogP contribution < -0.4 is 10.6 Å². The molecule has 0 atom stereocenters. The Labute approximate surface area is 155 Å². The molecule has 0 saturated heterocycles. The van der Waals surface area contributed by atoms with Crippen LogP contribution in [-0.2, 0) is 19.6 Å². The first-order valence-corrected chi connectivity index (χ1v) is 8.94. The largest absolute Gasteiger partial charge is 0.352 e. The molecule has 0 bridgehead atoms. The molecule has 0 aliphatic heterocycles. The minimum absolute atomic E-state index is 0.640. The summed E-state index contributed by atoms with van der Waals surface area (Å²) >= 11 is 6.19. The molecule has 2 rings (SSSR count). The molecule has 2 aromatic carbocycles. The van der Waals surface area contributed by atoms with Gasteiger partial charge in [0.15, 0.2) is 5.96 Å². The lowest BCUT2D eigenvalue weighted by Crippen LogP contribution is -2.36. The third-order valence-corrected chi connectivity index (χ3v) is 4.44. The molecule has 25 heavy (non-hydrogen) atoms. The van der Waals surface area contributed by atoms with E-state index in [2.05, 4.69) is 58.8 Å². The zero-order valence-corrected chi connectivity index (χ0v) is 16.0. The van der Waals surface area contributed by atoms with Gasteiger partial charge in [0.25, 0.3) is 0 Å². The number of nitrogens with one attached hydrogen (secondary N) is 2. The Morgan fingerprint density at radius 3 is 2.48 bits per heavy atom. The highest BCUT2D eigenvalue weighted by Crippen LogP contribution is 2.14. The molecule has 5 heteroatoms. The third kappa shape index (κ3) is 6.40. The van der Waals surface area contributed by atoms with E-state index in [1.807, 2.05) is 24.3 Å². The van der Waals surface area contributed by atoms with Crippen LogP contribution in [0.25, 0.3) is 0 Å². The molecule has 0 aromatic heterocycles. The molecule has 0 heterocycles. The summed E-state index contributed by atoms with van der Waals surface area (Å²) in [7, 11) is 3.90. The molecule has 2 N–H and O–H groups in total. The van der Waals surface area contributed by atoms with Crippen LogP contribution in [0.1, 0.15) is 23.6 Å². The van der Waals surface area contributed by atoms with Crippen LogP contribution in [0, 0.1) is 0 Å². The average molecular weight is 359 g/mol. The number of halogens is 1. The highest BCUT2D eigenvalue weighted by Gasteiger charge is 2.03. The van der Waals surface area contributed by atoms with E-state index in [1.54, 1.807) is 7.05 Å². The minimum atomic E-state index is 0.640. The van der Waals surface area contributed by atoms with Gasteiger partial charge in [-0.15, -0.1) is 0 Å². The molecule has 0 saturated carbocycles. The summed E-state index contributed by atoms with van der Waals surface area (Å²) in [5, 5.41) is 7.41. The van der Waals surface area contributed by atoms with Gasteiger partial charge in [0.2, 0.25) is 0 Å². The quantitative estimate of drug-likeness (QED) is 0.586. The van der Waals surface area contributed by atoms with E-state index in [4.69, 9.17) is 11.6 Å². The first-order valence-electron chi connectivity index (χ1n) is 8.56. The van der Waals surface area contributed by atoms with Crippen LogP contribution in [0.4, 0.5) is 0 Å². The van der Waals surface area contributed by atoms with Crippen LogP contribution >= 0.6 is 11.6 Å². The molecule has 2 aromatic rings. The Morgan fingerprint density at radius 2 is 1.76 bits per heavy atom. The van der Waals surface area contributed by atoms with E-state index in [-0.39, 0.29) is 0 Å². The van der Waals surface area contributed by atoms with Gasteiger partial charge in [0.1, 0.15) is 0 Å². The molecule has 0 spiro atoms. The van der Waals surface area contributed by atoms with Gasteiger partial charge >= 0.3 is 0 Å². The van der Waals surface area contributed by atoms with E-state index in [0.717, 1.165) is 36.2 Å². The Bertz CT molecular complexity index is 700. The molecule has 4 nitrogen and oxygen atoms in total. The number of hydrogen-bond acceptors (Lipinski definition) is 2. The number of guanidine groups is 1. The lowest BCUT2D eigenvalue weighted by atomic mass is 10.1. The second-order valence-corrected chi connectivity index (χ2v) is 6.43. The highest BCUT2D eigenvalue weighted by atomic mass is 35.5. The van der Waals surface area contributed by atoms with Gasteiger partial charge in [-0.25, -0.2) is 0 Å². The van der Waals surface area contributed by atoms with Crippen LogP contribution in [0.2, 0.25) is 5.02 Å². The maximum absolute atomic E-state index is 6.19. The van der Waals surface area contributed by atoms with Gasteiger partial charge in [-0.2, -0.15) is 0 Å². The minimum Gasteiger partial charge on any atom is -0.352 e. The molecule has 0 radical (unpaired) electrons. The van der Waals surface area contributed by atoms with Crippen molar-refractivity contribution in [3.05, 3.63) is 70.2 Å². The monoisotopic (exact) mass is 358 g/mol. The second-order valence-electron chi connectivity index (χ2n) is 6.02. The maximum Gasteiger partial charge on any atom is 0.191 e. The van der Waals surface area contributed by atoms with Crippen molar-refractivity contribution in [1.29, 1.82) is 0 Å². The van der Waals surface area contributed by atoms with Crippen molar-refractivity contribution in [2.24, 2.45) is 4.99 Å². The first-order chi connectivity index (χ1) is 12.1. The Balaban J connectivity index is 1.88. The third-order valence-electron chi connectivity index (χ3n) is 4.07. The van der Waals surface area contributed by atoms with Crippen molar-refractivity contribution in [2.45, 2.75) is 26.6 Å².